The van der Waals surface area contributed by atoms with Gasteiger partial charge in [0.25, 0.3) is 0 Å². The highest BCUT2D eigenvalue weighted by molar-refractivity contribution is 5.75. The number of benzene rings is 1. The Morgan fingerprint density at radius 2 is 1.58 bits per heavy atom. The Bertz CT molecular complexity index is 955. The third kappa shape index (κ3) is 8.43. The van der Waals surface area contributed by atoms with Crippen LogP contribution in [-0.4, -0.2) is 16.2 Å². The molecule has 1 aliphatic rings. The number of aryl methyl sites for hydroxylation is 1. The molecule has 0 aliphatic heterocycles. The van der Waals surface area contributed by atoms with Gasteiger partial charge in [0, 0.05) is 11.6 Å². The van der Waals surface area contributed by atoms with E-state index in [0.717, 1.165) is 43.4 Å². The fourth-order valence-corrected chi connectivity index (χ4v) is 5.20. The van der Waals surface area contributed by atoms with E-state index in [-0.39, 0.29) is 23.2 Å². The van der Waals surface area contributed by atoms with Crippen LogP contribution in [0.4, 0.5) is 0 Å². The highest BCUT2D eigenvalue weighted by Crippen LogP contribution is 2.42. The molecule has 0 amide bonds. The third-order valence-electron chi connectivity index (χ3n) is 7.69. The van der Waals surface area contributed by atoms with Gasteiger partial charge in [0.1, 0.15) is 0 Å². The van der Waals surface area contributed by atoms with Crippen molar-refractivity contribution < 1.29 is 9.53 Å². The molecule has 0 unspecified atom stereocenters. The lowest BCUT2D eigenvalue weighted by molar-refractivity contribution is -0.140. The minimum Gasteiger partial charge on any atom is -0.406 e. The number of ether oxygens (including phenoxy) is 1. The van der Waals surface area contributed by atoms with E-state index in [1.54, 1.807) is 6.07 Å². The van der Waals surface area contributed by atoms with Crippen LogP contribution in [0.5, 0.6) is 5.88 Å². The maximum Gasteiger partial charge on any atom is 0.315 e. The lowest BCUT2D eigenvalue weighted by Gasteiger charge is -2.34. The lowest BCUT2D eigenvalue weighted by Crippen LogP contribution is -2.31. The van der Waals surface area contributed by atoms with Gasteiger partial charge in [-0.3, -0.25) is 4.79 Å². The lowest BCUT2D eigenvalue weighted by atomic mass is 9.69. The topological polar surface area (TPSA) is 75.9 Å². The summed E-state index contributed by atoms with van der Waals surface area (Å²) in [5.41, 5.74) is 2.85. The van der Waals surface area contributed by atoms with Crippen LogP contribution in [0.15, 0.2) is 36.4 Å². The van der Waals surface area contributed by atoms with E-state index in [1.807, 2.05) is 6.07 Å². The number of aromatic nitrogens is 2. The van der Waals surface area contributed by atoms with Crippen LogP contribution in [0.2, 0.25) is 0 Å². The molecule has 1 saturated carbocycles. The van der Waals surface area contributed by atoms with Gasteiger partial charge in [-0.2, -0.15) is 5.26 Å². The van der Waals surface area contributed by atoms with Gasteiger partial charge in [-0.1, -0.05) is 89.5 Å². The van der Waals surface area contributed by atoms with E-state index >= 15 is 0 Å². The number of carbonyl (C=O) groups is 1. The molecule has 1 aromatic heterocycles. The van der Waals surface area contributed by atoms with Crippen molar-refractivity contribution in [2.75, 3.05) is 0 Å². The molecule has 36 heavy (non-hydrogen) atoms. The van der Waals surface area contributed by atoms with Crippen LogP contribution < -0.4 is 4.74 Å². The smallest absolute Gasteiger partial charge is 0.315 e. The van der Waals surface area contributed by atoms with Crippen LogP contribution in [-0.2, 0) is 11.2 Å². The highest BCUT2D eigenvalue weighted by atomic mass is 16.5. The predicted octanol–water partition coefficient (Wildman–Crippen LogP) is 8.23. The van der Waals surface area contributed by atoms with E-state index in [1.165, 1.54) is 56.9 Å². The van der Waals surface area contributed by atoms with Crippen LogP contribution in [0, 0.1) is 22.7 Å². The predicted molar refractivity (Wildman–Crippen MR) is 144 cm³/mol. The molecular formula is C31H43N3O2. The second-order valence-electron chi connectivity index (χ2n) is 10.5. The minimum atomic E-state index is -0.268. The molecule has 0 spiro atoms. The summed E-state index contributed by atoms with van der Waals surface area (Å²) in [6, 6.07) is 14.6. The number of esters is 1. The second-order valence-corrected chi connectivity index (χ2v) is 10.5. The van der Waals surface area contributed by atoms with Crippen molar-refractivity contribution in [2.24, 2.45) is 11.3 Å². The summed E-state index contributed by atoms with van der Waals surface area (Å²) in [5.74, 6) is -0.179. The van der Waals surface area contributed by atoms with Crippen LogP contribution in [0.25, 0.3) is 11.3 Å². The van der Waals surface area contributed by atoms with Gasteiger partial charge in [-0.25, -0.2) is 0 Å². The zero-order chi connectivity index (χ0) is 25.6. The first-order valence-corrected chi connectivity index (χ1v) is 14.1. The van der Waals surface area contributed by atoms with E-state index in [0.29, 0.717) is 12.8 Å². The average molecular weight is 490 g/mol. The van der Waals surface area contributed by atoms with E-state index < -0.39 is 0 Å². The average Bonchev–Trinajstić information content (AvgIpc) is 2.92. The molecule has 0 atom stereocenters. The van der Waals surface area contributed by atoms with Crippen molar-refractivity contribution in [3.63, 3.8) is 0 Å². The van der Waals surface area contributed by atoms with Gasteiger partial charge < -0.3 is 4.74 Å². The Balaban J connectivity index is 1.45. The van der Waals surface area contributed by atoms with E-state index in [4.69, 9.17) is 4.74 Å². The Labute approximate surface area is 217 Å². The molecule has 5 heteroatoms. The summed E-state index contributed by atoms with van der Waals surface area (Å²) in [6.45, 7) is 4.44. The zero-order valence-electron chi connectivity index (χ0n) is 22.3. The van der Waals surface area contributed by atoms with Crippen molar-refractivity contribution in [3.8, 4) is 23.2 Å². The Morgan fingerprint density at radius 1 is 0.917 bits per heavy atom. The summed E-state index contributed by atoms with van der Waals surface area (Å²) < 4.78 is 5.56. The first-order valence-electron chi connectivity index (χ1n) is 14.1. The molecule has 0 bridgehead atoms. The van der Waals surface area contributed by atoms with Crippen LogP contribution in [0.1, 0.15) is 109 Å². The van der Waals surface area contributed by atoms with Gasteiger partial charge >= 0.3 is 5.97 Å². The summed E-state index contributed by atoms with van der Waals surface area (Å²) in [7, 11) is 0. The molecule has 0 radical (unpaired) electrons. The first kappa shape index (κ1) is 27.8. The standard InChI is InChI=1S/C31H43N3O2/c1-3-5-7-9-11-21-31(24-32)22-19-27(20-23-31)30(35)36-29-18-17-28(33-34-29)26-15-13-25(14-16-26)12-10-8-6-4-2/h13-18,27H,3-12,19-23H2,1-2H3/t27-,31-. The quantitative estimate of drug-likeness (QED) is 0.197. The summed E-state index contributed by atoms with van der Waals surface area (Å²) in [4.78, 5) is 12.7. The van der Waals surface area contributed by atoms with Gasteiger partial charge in [-0.05, 0) is 56.6 Å². The van der Waals surface area contributed by atoms with Crippen molar-refractivity contribution >= 4 is 5.97 Å². The van der Waals surface area contributed by atoms with Crippen molar-refractivity contribution in [2.45, 2.75) is 110 Å². The number of hydrogen-bond donors (Lipinski definition) is 0. The summed E-state index contributed by atoms with van der Waals surface area (Å²) in [6.07, 6.45) is 16.1. The minimum absolute atomic E-state index is 0.169. The van der Waals surface area contributed by atoms with Crippen LogP contribution in [0.3, 0.4) is 0 Å². The molecule has 5 nitrogen and oxygen atoms in total. The van der Waals surface area contributed by atoms with E-state index in [9.17, 15) is 10.1 Å². The van der Waals surface area contributed by atoms with Gasteiger partial charge in [-0.15, -0.1) is 10.2 Å². The SMILES string of the molecule is CCCCCCC[C@]1(C#N)CC[C@H](C(=O)Oc2ccc(-c3ccc(CCCCCC)cc3)nn2)CC1. The van der Waals surface area contributed by atoms with E-state index in [2.05, 4.69) is 54.4 Å². The fourth-order valence-electron chi connectivity index (χ4n) is 5.20. The summed E-state index contributed by atoms with van der Waals surface area (Å²) >= 11 is 0. The molecule has 1 fully saturated rings. The molecule has 0 saturated heterocycles. The molecule has 1 heterocycles. The van der Waals surface area contributed by atoms with Gasteiger partial charge in [0.2, 0.25) is 5.88 Å². The Kier molecular flexibility index (Phi) is 11.4. The number of rotatable bonds is 14. The first-order chi connectivity index (χ1) is 17.6. The van der Waals surface area contributed by atoms with Crippen molar-refractivity contribution in [1.82, 2.24) is 10.2 Å². The molecular weight excluding hydrogens is 446 g/mol. The molecule has 1 aromatic carbocycles. The highest BCUT2D eigenvalue weighted by Gasteiger charge is 2.38. The Morgan fingerprint density at radius 3 is 2.19 bits per heavy atom. The normalized spacial score (nSPS) is 19.5. The Hall–Kier alpha value is -2.74. The zero-order valence-corrected chi connectivity index (χ0v) is 22.3. The molecule has 0 N–H and O–H groups in total. The largest absolute Gasteiger partial charge is 0.406 e. The van der Waals surface area contributed by atoms with Crippen molar-refractivity contribution in [3.05, 3.63) is 42.0 Å². The van der Waals surface area contributed by atoms with Gasteiger partial charge in [0.05, 0.1) is 23.1 Å². The number of nitriles is 1. The second kappa shape index (κ2) is 14.7. The van der Waals surface area contributed by atoms with Crippen LogP contribution >= 0.6 is 0 Å². The maximum atomic E-state index is 12.7. The van der Waals surface area contributed by atoms with Gasteiger partial charge in [0.15, 0.2) is 0 Å². The third-order valence-corrected chi connectivity index (χ3v) is 7.69. The fraction of sp³-hybridized carbons (Fsp3) is 0.613. The molecule has 194 valence electrons. The number of unbranched alkanes of at least 4 members (excludes halogenated alkanes) is 7. The number of hydrogen-bond acceptors (Lipinski definition) is 5. The number of carbonyl (C=O) groups excluding carboxylic acids is 1. The monoisotopic (exact) mass is 489 g/mol. The molecule has 1 aliphatic carbocycles. The molecule has 3 rings (SSSR count). The summed E-state index contributed by atoms with van der Waals surface area (Å²) in [5, 5.41) is 18.2. The molecule has 2 aromatic rings. The van der Waals surface area contributed by atoms with Crippen molar-refractivity contribution in [1.29, 1.82) is 5.26 Å². The number of nitrogens with zero attached hydrogens (tertiary/aromatic N) is 3. The maximum absolute atomic E-state index is 12.7.